The zero-order valence-electron chi connectivity index (χ0n) is 13.6. The van der Waals surface area contributed by atoms with E-state index >= 15 is 0 Å². The summed E-state index contributed by atoms with van der Waals surface area (Å²) >= 11 is 0. The lowest BCUT2D eigenvalue weighted by Gasteiger charge is -2.25. The van der Waals surface area contributed by atoms with Crippen molar-refractivity contribution >= 4 is 23.4 Å². The van der Waals surface area contributed by atoms with Gasteiger partial charge in [0.1, 0.15) is 11.8 Å². The van der Waals surface area contributed by atoms with Crippen molar-refractivity contribution in [3.63, 3.8) is 0 Å². The fourth-order valence-corrected chi connectivity index (χ4v) is 4.56. The number of hydrogen-bond donors (Lipinski definition) is 2. The van der Waals surface area contributed by atoms with Gasteiger partial charge in [-0.05, 0) is 13.0 Å². The van der Waals surface area contributed by atoms with Crippen LogP contribution in [0, 0.1) is 11.8 Å². The number of methoxy groups -OCH3 is 1. The van der Waals surface area contributed by atoms with Crippen LogP contribution in [-0.4, -0.2) is 48.9 Å². The zero-order valence-corrected chi connectivity index (χ0v) is 13.6. The van der Waals surface area contributed by atoms with Gasteiger partial charge in [0, 0.05) is 12.7 Å². The number of nitrogens with zero attached hydrogens (tertiary/aromatic N) is 1. The van der Waals surface area contributed by atoms with Crippen LogP contribution in [0.25, 0.3) is 0 Å². The van der Waals surface area contributed by atoms with Gasteiger partial charge in [-0.25, -0.2) is 0 Å². The maximum atomic E-state index is 13.0. The average Bonchev–Trinajstić information content (AvgIpc) is 3.12. The van der Waals surface area contributed by atoms with Gasteiger partial charge >= 0.3 is 0 Å². The molecule has 0 aliphatic carbocycles. The second-order valence-electron chi connectivity index (χ2n) is 6.72. The first-order valence-corrected chi connectivity index (χ1v) is 8.13. The highest BCUT2D eigenvalue weighted by molar-refractivity contribution is 6.13. The second kappa shape index (κ2) is 5.12. The highest BCUT2D eigenvalue weighted by atomic mass is 16.5. The Kier molecular flexibility index (Phi) is 3.26. The average molecular weight is 330 g/mol. The first-order valence-electron chi connectivity index (χ1n) is 8.13. The van der Waals surface area contributed by atoms with E-state index in [1.165, 1.54) is 12.0 Å². The van der Waals surface area contributed by atoms with Crippen LogP contribution in [0.4, 0.5) is 5.69 Å². The van der Waals surface area contributed by atoms with Crippen molar-refractivity contribution in [1.82, 2.24) is 4.90 Å². The largest absolute Gasteiger partial charge is 0.383 e. The molecule has 1 aromatic carbocycles. The molecule has 3 N–H and O–H groups in total. The first kappa shape index (κ1) is 15.3. The maximum absolute atomic E-state index is 13.0. The monoisotopic (exact) mass is 330 g/mol. The van der Waals surface area contributed by atoms with Crippen molar-refractivity contribution in [2.75, 3.05) is 25.6 Å². The Morgan fingerprint density at radius 1 is 1.25 bits per heavy atom. The van der Waals surface area contributed by atoms with Crippen LogP contribution < -0.4 is 10.6 Å². The SMILES string of the molecule is COCCN1C(=O)[C@@H]2[C@H](C)[NH2+][C@@]3(C(=O)Nc4ccccc43)[C@@H]2C1=O. The molecule has 4 atom stereocenters. The van der Waals surface area contributed by atoms with Gasteiger partial charge in [0.05, 0.1) is 24.9 Å². The molecule has 7 nitrogen and oxygen atoms in total. The highest BCUT2D eigenvalue weighted by Gasteiger charge is 2.73. The van der Waals surface area contributed by atoms with Crippen LogP contribution >= 0.6 is 0 Å². The van der Waals surface area contributed by atoms with Crippen molar-refractivity contribution in [3.05, 3.63) is 29.8 Å². The summed E-state index contributed by atoms with van der Waals surface area (Å²) < 4.78 is 5.01. The molecular weight excluding hydrogens is 310 g/mol. The Hall–Kier alpha value is -2.25. The van der Waals surface area contributed by atoms with E-state index in [9.17, 15) is 14.4 Å². The van der Waals surface area contributed by atoms with Crippen molar-refractivity contribution in [2.24, 2.45) is 11.8 Å². The number of likely N-dealkylation sites (tertiary alicyclic amines) is 1. The number of hydrogen-bond acceptors (Lipinski definition) is 4. The van der Waals surface area contributed by atoms with Crippen LogP contribution in [0.2, 0.25) is 0 Å². The van der Waals surface area contributed by atoms with Gasteiger partial charge in [-0.2, -0.15) is 0 Å². The lowest BCUT2D eigenvalue weighted by Crippen LogP contribution is -2.98. The molecule has 126 valence electrons. The fraction of sp³-hybridized carbons (Fsp3) is 0.471. The molecule has 0 saturated carbocycles. The van der Waals surface area contributed by atoms with Gasteiger partial charge in [0.2, 0.25) is 17.4 Å². The summed E-state index contributed by atoms with van der Waals surface area (Å²) in [6, 6.07) is 7.26. The predicted molar refractivity (Wildman–Crippen MR) is 83.7 cm³/mol. The third-order valence-electron chi connectivity index (χ3n) is 5.54. The van der Waals surface area contributed by atoms with Crippen molar-refractivity contribution in [1.29, 1.82) is 0 Å². The molecular formula is C17H20N3O4+. The Labute approximate surface area is 139 Å². The number of benzene rings is 1. The van der Waals surface area contributed by atoms with E-state index < -0.39 is 17.4 Å². The number of rotatable bonds is 3. The lowest BCUT2D eigenvalue weighted by atomic mass is 9.76. The molecule has 2 saturated heterocycles. The topological polar surface area (TPSA) is 92.3 Å². The van der Waals surface area contributed by atoms with E-state index in [0.29, 0.717) is 6.61 Å². The van der Waals surface area contributed by atoms with E-state index in [1.807, 2.05) is 36.5 Å². The van der Waals surface area contributed by atoms with E-state index in [2.05, 4.69) is 5.32 Å². The van der Waals surface area contributed by atoms with Gasteiger partial charge in [0.15, 0.2) is 0 Å². The number of nitrogens with one attached hydrogen (secondary N) is 1. The van der Waals surface area contributed by atoms with Crippen molar-refractivity contribution in [3.8, 4) is 0 Å². The minimum Gasteiger partial charge on any atom is -0.383 e. The van der Waals surface area contributed by atoms with Gasteiger partial charge in [-0.1, -0.05) is 18.2 Å². The number of fused-ring (bicyclic) bond motifs is 4. The van der Waals surface area contributed by atoms with Crippen LogP contribution in [0.5, 0.6) is 0 Å². The maximum Gasteiger partial charge on any atom is 0.291 e. The second-order valence-corrected chi connectivity index (χ2v) is 6.72. The molecule has 0 radical (unpaired) electrons. The molecule has 3 aliphatic rings. The van der Waals surface area contributed by atoms with E-state index in [-0.39, 0.29) is 30.3 Å². The summed E-state index contributed by atoms with van der Waals surface area (Å²) in [5.74, 6) is -1.82. The molecule has 0 aromatic heterocycles. The van der Waals surface area contributed by atoms with E-state index in [1.54, 1.807) is 0 Å². The molecule has 0 unspecified atom stereocenters. The minimum atomic E-state index is -1.05. The Bertz CT molecular complexity index is 749. The number of para-hydroxylation sites is 1. The molecule has 1 aromatic rings. The molecule has 3 aliphatic heterocycles. The summed E-state index contributed by atoms with van der Waals surface area (Å²) in [6.45, 7) is 2.43. The van der Waals surface area contributed by atoms with Crippen LogP contribution in [0.1, 0.15) is 12.5 Å². The minimum absolute atomic E-state index is 0.143. The number of quaternary nitrogens is 1. The third-order valence-corrected chi connectivity index (χ3v) is 5.54. The molecule has 3 heterocycles. The van der Waals surface area contributed by atoms with Crippen molar-refractivity contribution < 1.29 is 24.4 Å². The number of nitrogens with two attached hydrogens (primary N) is 1. The summed E-state index contributed by atoms with van der Waals surface area (Å²) in [7, 11) is 1.53. The normalized spacial score (nSPS) is 34.0. The lowest BCUT2D eigenvalue weighted by molar-refractivity contribution is -0.730. The smallest absolute Gasteiger partial charge is 0.291 e. The number of anilines is 1. The van der Waals surface area contributed by atoms with E-state index in [4.69, 9.17) is 4.74 Å². The van der Waals surface area contributed by atoms with Crippen molar-refractivity contribution in [2.45, 2.75) is 18.5 Å². The molecule has 0 bridgehead atoms. The van der Waals surface area contributed by atoms with Gasteiger partial charge < -0.3 is 15.4 Å². The quantitative estimate of drug-likeness (QED) is 0.699. The number of amides is 3. The molecule has 1 spiro atoms. The Morgan fingerprint density at radius 2 is 2.00 bits per heavy atom. The van der Waals surface area contributed by atoms with Crippen LogP contribution in [0.3, 0.4) is 0 Å². The third kappa shape index (κ3) is 1.71. The zero-order chi connectivity index (χ0) is 17.1. The van der Waals surface area contributed by atoms with Gasteiger partial charge in [-0.3, -0.25) is 19.3 Å². The van der Waals surface area contributed by atoms with E-state index in [0.717, 1.165) is 11.3 Å². The standard InChI is InChI=1S/C17H19N3O4/c1-9-12-13(15(22)20(14(12)21)7-8-24-2)17(19-9)10-5-3-4-6-11(10)18-16(17)23/h3-6,9,12-13,19H,7-8H2,1-2H3,(H,18,23)/p+1/t9-,12+,13-,17+/m0/s1. The predicted octanol–water partition coefficient (Wildman–Crippen LogP) is -0.953. The summed E-state index contributed by atoms with van der Waals surface area (Å²) in [6.07, 6.45) is 0. The van der Waals surface area contributed by atoms with Gasteiger partial charge in [0.25, 0.3) is 5.91 Å². The number of carbonyl (C=O) groups excluding carboxylic acids is 3. The van der Waals surface area contributed by atoms with Gasteiger partial charge in [-0.15, -0.1) is 0 Å². The summed E-state index contributed by atoms with van der Waals surface area (Å²) in [5, 5.41) is 4.78. The molecule has 7 heteroatoms. The Balaban J connectivity index is 1.82. The number of ether oxygens (including phenoxy) is 1. The summed E-state index contributed by atoms with van der Waals surface area (Å²) in [4.78, 5) is 39.9. The molecule has 2 fully saturated rings. The highest BCUT2D eigenvalue weighted by Crippen LogP contribution is 2.48. The summed E-state index contributed by atoms with van der Waals surface area (Å²) in [5.41, 5.74) is 0.473. The molecule has 3 amide bonds. The fourth-order valence-electron chi connectivity index (χ4n) is 4.56. The van der Waals surface area contributed by atoms with Crippen LogP contribution in [-0.2, 0) is 24.7 Å². The molecule has 4 rings (SSSR count). The van der Waals surface area contributed by atoms with Crippen LogP contribution in [0.15, 0.2) is 24.3 Å². The first-order chi connectivity index (χ1) is 11.5. The Morgan fingerprint density at radius 3 is 2.75 bits per heavy atom. The number of carbonyl (C=O) groups is 3. The molecule has 24 heavy (non-hydrogen) atoms. The number of imide groups is 1.